The molecule has 0 atom stereocenters. The number of carbonyl (C=O) groups is 1. The van der Waals surface area contributed by atoms with Gasteiger partial charge in [0.15, 0.2) is 5.65 Å². The van der Waals surface area contributed by atoms with Crippen molar-refractivity contribution in [2.75, 3.05) is 29.9 Å². The van der Waals surface area contributed by atoms with Gasteiger partial charge < -0.3 is 10.2 Å². The Morgan fingerprint density at radius 2 is 1.86 bits per heavy atom. The largest absolute Gasteiger partial charge is 0.354 e. The Kier molecular flexibility index (Phi) is 6.36. The van der Waals surface area contributed by atoms with Crippen molar-refractivity contribution in [1.82, 2.24) is 14.9 Å². The number of carbonyl (C=O) groups excluding carboxylic acids is 1. The molecule has 8 heteroatoms. The number of pyridine rings is 2. The number of amides is 1. The fourth-order valence-corrected chi connectivity index (χ4v) is 3.99. The van der Waals surface area contributed by atoms with Crippen molar-refractivity contribution in [2.24, 2.45) is 0 Å². The van der Waals surface area contributed by atoms with Crippen molar-refractivity contribution < 1.29 is 9.18 Å². The summed E-state index contributed by atoms with van der Waals surface area (Å²) in [5.74, 6) is 1.53. The minimum Gasteiger partial charge on any atom is -0.354 e. The van der Waals surface area contributed by atoms with Crippen molar-refractivity contribution in [3.05, 3.63) is 59.7 Å². The predicted octanol–water partition coefficient (Wildman–Crippen LogP) is 4.43. The highest BCUT2D eigenvalue weighted by molar-refractivity contribution is 7.99. The number of hydrogen-bond acceptors (Lipinski definition) is 5. The van der Waals surface area contributed by atoms with Crippen LogP contribution in [-0.2, 0) is 0 Å². The number of aromatic nitrogens is 2. The molecular formula is C20H20ClFN4OS. The molecule has 3 heterocycles. The van der Waals surface area contributed by atoms with Crippen molar-refractivity contribution >= 4 is 52.5 Å². The molecule has 1 N–H and O–H groups in total. The highest BCUT2D eigenvalue weighted by atomic mass is 35.5. The molecule has 0 saturated carbocycles. The number of thioether (sulfide) groups is 1. The molecular weight excluding hydrogens is 399 g/mol. The lowest BCUT2D eigenvalue weighted by molar-refractivity contribution is 0.0773. The fourth-order valence-electron chi connectivity index (χ4n) is 3.08. The summed E-state index contributed by atoms with van der Waals surface area (Å²) in [6.07, 6.45) is 1.59. The Morgan fingerprint density at radius 3 is 2.57 bits per heavy atom. The van der Waals surface area contributed by atoms with Crippen molar-refractivity contribution in [3.63, 3.8) is 0 Å². The second-order valence-corrected chi connectivity index (χ2v) is 7.63. The highest BCUT2D eigenvalue weighted by Gasteiger charge is 2.23. The van der Waals surface area contributed by atoms with E-state index in [4.69, 9.17) is 0 Å². The lowest BCUT2D eigenvalue weighted by Crippen LogP contribution is -2.38. The second kappa shape index (κ2) is 8.75. The molecule has 5 nitrogen and oxygen atoms in total. The van der Waals surface area contributed by atoms with Crippen molar-refractivity contribution in [1.29, 1.82) is 0 Å². The predicted molar refractivity (Wildman–Crippen MR) is 114 cm³/mol. The summed E-state index contributed by atoms with van der Waals surface area (Å²) in [6.45, 7) is 3.35. The van der Waals surface area contributed by atoms with Crippen LogP contribution in [0.1, 0.15) is 16.1 Å². The van der Waals surface area contributed by atoms with Crippen molar-refractivity contribution in [3.8, 4) is 0 Å². The molecule has 0 spiro atoms. The van der Waals surface area contributed by atoms with Crippen LogP contribution in [0.5, 0.6) is 0 Å². The molecule has 1 aromatic carbocycles. The summed E-state index contributed by atoms with van der Waals surface area (Å²) in [6, 6.07) is 9.88. The number of aryl methyl sites for hydroxylation is 1. The summed E-state index contributed by atoms with van der Waals surface area (Å²) < 4.78 is 13.3. The zero-order valence-electron chi connectivity index (χ0n) is 15.3. The minimum atomic E-state index is -0.306. The first-order chi connectivity index (χ1) is 13.1. The zero-order valence-corrected chi connectivity index (χ0v) is 16.9. The monoisotopic (exact) mass is 418 g/mol. The molecule has 1 fully saturated rings. The SMILES string of the molecule is Cc1ccc2c(Nc3ccc(F)cc3)c(C(=O)N3CCSCC3)cnc2n1.Cl. The second-order valence-electron chi connectivity index (χ2n) is 6.41. The molecule has 0 bridgehead atoms. The topological polar surface area (TPSA) is 58.1 Å². The van der Waals surface area contributed by atoms with Gasteiger partial charge in [0.1, 0.15) is 5.82 Å². The lowest BCUT2D eigenvalue weighted by atomic mass is 10.1. The number of nitrogens with zero attached hydrogens (tertiary/aromatic N) is 3. The van der Waals surface area contributed by atoms with E-state index in [-0.39, 0.29) is 24.1 Å². The molecule has 1 saturated heterocycles. The normalized spacial score (nSPS) is 13.9. The molecule has 2 aromatic heterocycles. The molecule has 146 valence electrons. The van der Waals surface area contributed by atoms with E-state index in [9.17, 15) is 9.18 Å². The average Bonchev–Trinajstić information content (AvgIpc) is 2.70. The number of fused-ring (bicyclic) bond motifs is 1. The maximum atomic E-state index is 13.3. The van der Waals surface area contributed by atoms with Gasteiger partial charge in [0, 0.05) is 47.6 Å². The van der Waals surface area contributed by atoms with Crippen LogP contribution >= 0.6 is 24.2 Å². The number of halogens is 2. The third-order valence-electron chi connectivity index (χ3n) is 4.51. The molecule has 0 radical (unpaired) electrons. The number of nitrogens with one attached hydrogen (secondary N) is 1. The standard InChI is InChI=1S/C20H19FN4OS.ClH/c1-13-2-7-16-18(24-15-5-3-14(21)4-6-15)17(12-22-19(16)23-13)20(26)25-8-10-27-11-9-25;/h2-7,12H,8-11H2,1H3,(H,22,23,24);1H. The summed E-state index contributed by atoms with van der Waals surface area (Å²) in [5, 5.41) is 4.05. The van der Waals surface area contributed by atoms with Gasteiger partial charge in [-0.25, -0.2) is 14.4 Å². The van der Waals surface area contributed by atoms with Crippen LogP contribution in [0, 0.1) is 12.7 Å². The molecule has 0 aliphatic carbocycles. The van der Waals surface area contributed by atoms with Gasteiger partial charge in [-0.2, -0.15) is 11.8 Å². The first kappa shape index (κ1) is 20.4. The fraction of sp³-hybridized carbons (Fsp3) is 0.250. The van der Waals surface area contributed by atoms with E-state index < -0.39 is 0 Å². The van der Waals surface area contributed by atoms with E-state index in [1.165, 1.54) is 12.1 Å². The van der Waals surface area contributed by atoms with E-state index in [2.05, 4.69) is 15.3 Å². The maximum absolute atomic E-state index is 13.3. The first-order valence-electron chi connectivity index (χ1n) is 8.78. The summed E-state index contributed by atoms with van der Waals surface area (Å²) in [7, 11) is 0. The molecule has 1 aliphatic heterocycles. The highest BCUT2D eigenvalue weighted by Crippen LogP contribution is 2.30. The smallest absolute Gasteiger partial charge is 0.257 e. The molecule has 0 unspecified atom stereocenters. The van der Waals surface area contributed by atoms with Crippen LogP contribution in [0.15, 0.2) is 42.6 Å². The molecule has 4 rings (SSSR count). The lowest BCUT2D eigenvalue weighted by Gasteiger charge is -2.27. The van der Waals surface area contributed by atoms with Crippen LogP contribution < -0.4 is 5.32 Å². The average molecular weight is 419 g/mol. The summed E-state index contributed by atoms with van der Waals surface area (Å²) in [4.78, 5) is 23.9. The van der Waals surface area contributed by atoms with Gasteiger partial charge >= 0.3 is 0 Å². The van der Waals surface area contributed by atoms with Gasteiger partial charge in [-0.1, -0.05) is 0 Å². The molecule has 28 heavy (non-hydrogen) atoms. The number of hydrogen-bond donors (Lipinski definition) is 1. The van der Waals surface area contributed by atoms with Crippen molar-refractivity contribution in [2.45, 2.75) is 6.92 Å². The summed E-state index contributed by atoms with van der Waals surface area (Å²) >= 11 is 1.85. The third-order valence-corrected chi connectivity index (χ3v) is 5.45. The van der Waals surface area contributed by atoms with E-state index in [0.717, 1.165) is 35.7 Å². The maximum Gasteiger partial charge on any atom is 0.257 e. The number of rotatable bonds is 3. The Labute approximate surface area is 173 Å². The zero-order chi connectivity index (χ0) is 18.8. The van der Waals surface area contributed by atoms with E-state index >= 15 is 0 Å². The molecule has 1 aliphatic rings. The Balaban J connectivity index is 0.00000225. The van der Waals surface area contributed by atoms with Gasteiger partial charge in [0.25, 0.3) is 5.91 Å². The molecule has 1 amide bonds. The van der Waals surface area contributed by atoms with E-state index in [1.807, 2.05) is 35.7 Å². The van der Waals surface area contributed by atoms with Crippen LogP contribution in [0.25, 0.3) is 11.0 Å². The van der Waals surface area contributed by atoms with Gasteiger partial charge in [0.05, 0.1) is 11.3 Å². The van der Waals surface area contributed by atoms with Gasteiger partial charge in [-0.05, 0) is 43.3 Å². The van der Waals surface area contributed by atoms with E-state index in [1.54, 1.807) is 18.3 Å². The minimum absolute atomic E-state index is 0. The van der Waals surface area contributed by atoms with Crippen LogP contribution in [0.3, 0.4) is 0 Å². The Bertz CT molecular complexity index is 993. The van der Waals surface area contributed by atoms with Crippen LogP contribution in [0.4, 0.5) is 15.8 Å². The van der Waals surface area contributed by atoms with Crippen LogP contribution in [-0.4, -0.2) is 45.4 Å². The van der Waals surface area contributed by atoms with Crippen LogP contribution in [0.2, 0.25) is 0 Å². The quantitative estimate of drug-likeness (QED) is 0.681. The summed E-state index contributed by atoms with van der Waals surface area (Å²) in [5.41, 5.74) is 3.29. The van der Waals surface area contributed by atoms with E-state index in [0.29, 0.717) is 22.6 Å². The first-order valence-corrected chi connectivity index (χ1v) is 9.93. The van der Waals surface area contributed by atoms with Gasteiger partial charge in [0.2, 0.25) is 0 Å². The van der Waals surface area contributed by atoms with Gasteiger partial charge in [-0.3, -0.25) is 4.79 Å². The Morgan fingerprint density at radius 1 is 1.14 bits per heavy atom. The third kappa shape index (κ3) is 4.20. The molecule has 3 aromatic rings. The number of benzene rings is 1. The number of anilines is 2. The Hall–Kier alpha value is -2.38. The van der Waals surface area contributed by atoms with Gasteiger partial charge in [-0.15, -0.1) is 12.4 Å².